The Morgan fingerprint density at radius 3 is 1.31 bits per heavy atom. The van der Waals surface area contributed by atoms with Crippen molar-refractivity contribution >= 4 is 34.9 Å². The van der Waals surface area contributed by atoms with Crippen molar-refractivity contribution in [3.63, 3.8) is 0 Å². The number of aliphatic hydroxyl groups excluding tert-OH is 1. The molecule has 0 saturated heterocycles. The number of nitrogens with one attached hydrogen (secondary N) is 4. The predicted octanol–water partition coefficient (Wildman–Crippen LogP) is 10.2. The number of aliphatic hydroxyl groups is 1. The van der Waals surface area contributed by atoms with Gasteiger partial charge in [-0.3, -0.25) is 28.8 Å². The zero-order chi connectivity index (χ0) is 55.3. The summed E-state index contributed by atoms with van der Waals surface area (Å²) in [5.74, 6) is 2.94. The van der Waals surface area contributed by atoms with E-state index < -0.39 is 18.1 Å². The number of nitrogens with two attached hydrogens (primary N) is 1. The highest BCUT2D eigenvalue weighted by atomic mass is 16.4. The quantitative estimate of drug-likeness (QED) is 0.0322. The average Bonchev–Trinajstić information content (AvgIpc) is 3.26. The van der Waals surface area contributed by atoms with Crippen molar-refractivity contribution in [1.29, 1.82) is 0 Å². The van der Waals surface area contributed by atoms with Crippen LogP contribution in [0.5, 0.6) is 0 Å². The first-order valence-electron chi connectivity index (χ1n) is 27.6. The minimum atomic E-state index is -0.889. The van der Waals surface area contributed by atoms with Crippen LogP contribution in [0.15, 0.2) is 0 Å². The van der Waals surface area contributed by atoms with Crippen LogP contribution in [0.4, 0.5) is 0 Å². The van der Waals surface area contributed by atoms with Crippen LogP contribution in [0.1, 0.15) is 222 Å². The molecule has 0 aliphatic heterocycles. The standard InChI is InChI=1S/C15H28O.C12H26N2O.C11H21NO3.C10H21NO.C9H19NO2/c1-11(2)5-6-13-7-9-14(10-8-13)15(16)12(3)4;1-9(2)12(15)11(13)7-5-6-8-14-10(3)4;1-7(2)10(13)6-5-9(11(14)15)12-8(3)4;1-8(2)10(12)6-5-7-11-9(3)4;1-6(2)9(12)8(5-11)10-7(3)4/h11-14H,5-10H2,1-4H3;9-11,14H,5-8,13H2,1-4H3;7-9,12H,5-6H2,1-4H3,(H,14,15);8-9,11H,5-7H2,1-4H3;6-8,10-11H,5H2,1-4H3. The van der Waals surface area contributed by atoms with E-state index in [9.17, 15) is 28.8 Å². The molecule has 1 fully saturated rings. The minimum absolute atomic E-state index is 0.0153. The Bertz CT molecular complexity index is 1350. The molecule has 0 aromatic heterocycles. The van der Waals surface area contributed by atoms with E-state index in [1.807, 2.05) is 96.9 Å². The highest BCUT2D eigenvalue weighted by Gasteiger charge is 2.27. The van der Waals surface area contributed by atoms with Gasteiger partial charge in [0.15, 0.2) is 11.6 Å². The van der Waals surface area contributed by atoms with E-state index in [0.717, 1.165) is 69.9 Å². The maximum Gasteiger partial charge on any atom is 0.320 e. The Morgan fingerprint density at radius 2 is 0.943 bits per heavy atom. The van der Waals surface area contributed by atoms with E-state index in [0.29, 0.717) is 42.4 Å². The molecule has 0 heterocycles. The van der Waals surface area contributed by atoms with Crippen LogP contribution in [0.3, 0.4) is 0 Å². The number of Topliss-reactive ketones (excluding diaryl/α,β-unsaturated/α-hetero) is 5. The number of aliphatic carboxylic acids is 1. The predicted molar refractivity (Wildman–Crippen MR) is 294 cm³/mol. The summed E-state index contributed by atoms with van der Waals surface area (Å²) in [6, 6.07) is 0.127. The first kappa shape index (κ1) is 74.1. The van der Waals surface area contributed by atoms with Crippen molar-refractivity contribution in [3.8, 4) is 0 Å². The minimum Gasteiger partial charge on any atom is -0.480 e. The second-order valence-electron chi connectivity index (χ2n) is 22.8. The summed E-state index contributed by atoms with van der Waals surface area (Å²) in [4.78, 5) is 68.1. The third kappa shape index (κ3) is 44.3. The van der Waals surface area contributed by atoms with Gasteiger partial charge in [0.05, 0.1) is 18.7 Å². The molecule has 3 unspecified atom stereocenters. The molecule has 0 aromatic carbocycles. The zero-order valence-corrected chi connectivity index (χ0v) is 48.9. The molecule has 1 aliphatic carbocycles. The summed E-state index contributed by atoms with van der Waals surface area (Å²) in [5.41, 5.74) is 5.79. The SMILES string of the molecule is CC(C)CCC1CCC(C(=O)C(C)C)CC1.CC(C)NC(CCC(=O)C(C)C)C(=O)O.CC(C)NC(CO)C(=O)C(C)C.CC(C)NCCCC(=O)C(C)C.CC(C)NCCCCC(N)C(=O)C(C)C. The van der Waals surface area contributed by atoms with Gasteiger partial charge in [-0.15, -0.1) is 0 Å². The molecule has 13 heteroatoms. The van der Waals surface area contributed by atoms with Crippen LogP contribution in [0.2, 0.25) is 0 Å². The number of carboxylic acids is 1. The van der Waals surface area contributed by atoms with Gasteiger partial charge in [0.2, 0.25) is 0 Å². The van der Waals surface area contributed by atoms with E-state index in [4.69, 9.17) is 15.9 Å². The Hall–Kier alpha value is -2.42. The molecular weight excluding hydrogens is 883 g/mol. The molecule has 1 rings (SSSR count). The molecule has 416 valence electrons. The lowest BCUT2D eigenvalue weighted by Crippen LogP contribution is -2.45. The van der Waals surface area contributed by atoms with Gasteiger partial charge in [-0.2, -0.15) is 0 Å². The number of hydrogen-bond donors (Lipinski definition) is 7. The number of ketones is 5. The Labute approximate surface area is 430 Å². The first-order chi connectivity index (χ1) is 32.3. The lowest BCUT2D eigenvalue weighted by Gasteiger charge is -2.29. The van der Waals surface area contributed by atoms with Crippen molar-refractivity contribution in [3.05, 3.63) is 0 Å². The second-order valence-corrected chi connectivity index (χ2v) is 22.8. The molecule has 0 aromatic rings. The summed E-state index contributed by atoms with van der Waals surface area (Å²) in [5, 5.41) is 30.4. The van der Waals surface area contributed by atoms with E-state index in [-0.39, 0.29) is 71.7 Å². The van der Waals surface area contributed by atoms with Crippen LogP contribution in [0.25, 0.3) is 0 Å². The Balaban J connectivity index is -0.000000391. The van der Waals surface area contributed by atoms with Crippen LogP contribution in [-0.2, 0) is 28.8 Å². The first-order valence-corrected chi connectivity index (χ1v) is 27.6. The topological polar surface area (TPSA) is 217 Å². The summed E-state index contributed by atoms with van der Waals surface area (Å²) < 4.78 is 0. The summed E-state index contributed by atoms with van der Waals surface area (Å²) >= 11 is 0. The van der Waals surface area contributed by atoms with Crippen molar-refractivity contribution in [2.24, 2.45) is 53.1 Å². The summed E-state index contributed by atoms with van der Waals surface area (Å²) in [6.07, 6.45) is 12.9. The van der Waals surface area contributed by atoms with Gasteiger partial charge < -0.3 is 37.2 Å². The summed E-state index contributed by atoms with van der Waals surface area (Å²) in [7, 11) is 0. The fraction of sp³-hybridized carbons (Fsp3) is 0.895. The smallest absolute Gasteiger partial charge is 0.320 e. The number of carbonyl (C=O) groups is 6. The van der Waals surface area contributed by atoms with Gasteiger partial charge in [-0.1, -0.05) is 158 Å². The van der Waals surface area contributed by atoms with Gasteiger partial charge in [-0.05, 0) is 76.3 Å². The van der Waals surface area contributed by atoms with Crippen molar-refractivity contribution < 1.29 is 39.0 Å². The number of unbranched alkanes of at least 4 members (excludes halogenated alkanes) is 1. The second kappa shape index (κ2) is 44.1. The molecule has 0 amide bonds. The average molecular weight is 999 g/mol. The third-order valence-corrected chi connectivity index (χ3v) is 12.0. The molecule has 0 spiro atoms. The molecule has 8 N–H and O–H groups in total. The maximum atomic E-state index is 11.9. The highest BCUT2D eigenvalue weighted by Crippen LogP contribution is 2.34. The van der Waals surface area contributed by atoms with Crippen LogP contribution in [-0.4, -0.2) is 107 Å². The van der Waals surface area contributed by atoms with Crippen LogP contribution >= 0.6 is 0 Å². The molecule has 70 heavy (non-hydrogen) atoms. The highest BCUT2D eigenvalue weighted by molar-refractivity contribution is 5.86. The van der Waals surface area contributed by atoms with Gasteiger partial charge in [-0.25, -0.2) is 0 Å². The van der Waals surface area contributed by atoms with E-state index in [1.54, 1.807) is 0 Å². The van der Waals surface area contributed by atoms with Gasteiger partial charge in [0, 0.05) is 72.5 Å². The largest absolute Gasteiger partial charge is 0.480 e. The zero-order valence-electron chi connectivity index (χ0n) is 48.9. The normalized spacial score (nSPS) is 16.1. The molecule has 0 radical (unpaired) electrons. The van der Waals surface area contributed by atoms with Crippen molar-refractivity contribution in [2.75, 3.05) is 19.7 Å². The third-order valence-electron chi connectivity index (χ3n) is 12.0. The molecule has 1 aliphatic rings. The van der Waals surface area contributed by atoms with E-state index in [2.05, 4.69) is 62.8 Å². The Kier molecular flexibility index (Phi) is 46.7. The summed E-state index contributed by atoms with van der Waals surface area (Å²) in [6.45, 7) is 41.8. The Morgan fingerprint density at radius 1 is 0.500 bits per heavy atom. The number of rotatable bonds is 31. The number of hydrogen-bond acceptors (Lipinski definition) is 12. The van der Waals surface area contributed by atoms with E-state index in [1.165, 1.54) is 25.7 Å². The van der Waals surface area contributed by atoms with Gasteiger partial charge in [0.1, 0.15) is 23.4 Å². The maximum absolute atomic E-state index is 11.9. The number of carboxylic acid groups (broad SMARTS) is 1. The van der Waals surface area contributed by atoms with Crippen molar-refractivity contribution in [1.82, 2.24) is 21.3 Å². The lowest BCUT2D eigenvalue weighted by molar-refractivity contribution is -0.140. The molecule has 1 saturated carbocycles. The lowest BCUT2D eigenvalue weighted by atomic mass is 9.76. The molecule has 3 atom stereocenters. The van der Waals surface area contributed by atoms with E-state index >= 15 is 0 Å². The monoisotopic (exact) mass is 998 g/mol. The van der Waals surface area contributed by atoms with Crippen LogP contribution in [0, 0.1) is 47.3 Å². The fourth-order valence-electron chi connectivity index (χ4n) is 7.45. The molecule has 0 bridgehead atoms. The van der Waals surface area contributed by atoms with Gasteiger partial charge >= 0.3 is 5.97 Å². The molecule has 13 nitrogen and oxygen atoms in total. The fourth-order valence-corrected chi connectivity index (χ4v) is 7.45. The number of carbonyl (C=O) groups excluding carboxylic acids is 5. The molecular formula is C57H115N5O8. The van der Waals surface area contributed by atoms with Crippen LogP contribution < -0.4 is 27.0 Å². The van der Waals surface area contributed by atoms with Gasteiger partial charge in [0.25, 0.3) is 0 Å². The van der Waals surface area contributed by atoms with Crippen molar-refractivity contribution in [2.45, 2.75) is 264 Å².